The first-order valence-electron chi connectivity index (χ1n) is 6.40. The molecule has 1 fully saturated rings. The molecule has 0 amide bonds. The highest BCUT2D eigenvalue weighted by molar-refractivity contribution is 6.25. The minimum atomic E-state index is -0.506. The molecule has 5 nitrogen and oxygen atoms in total. The average molecular weight is 268 g/mol. The smallest absolute Gasteiger partial charge is 0.333 e. The summed E-state index contributed by atoms with van der Waals surface area (Å²) in [6, 6.07) is 0. The van der Waals surface area contributed by atoms with Crippen molar-refractivity contribution < 1.29 is 23.9 Å². The van der Waals surface area contributed by atoms with Crippen LogP contribution < -0.4 is 0 Å². The average Bonchev–Trinajstić information content (AvgIpc) is 2.66. The van der Waals surface area contributed by atoms with Crippen molar-refractivity contribution in [2.75, 3.05) is 0 Å². The maximum Gasteiger partial charge on any atom is 0.333 e. The largest absolute Gasteiger partial charge is 0.456 e. The molecule has 0 aromatic carbocycles. The molecular formula is C14H20O5. The fourth-order valence-corrected chi connectivity index (χ4v) is 2.28. The molecule has 4 unspecified atom stereocenters. The Hall–Kier alpha value is -1.49. The normalized spacial score (nSPS) is 29.8. The minimum absolute atomic E-state index is 0.0370. The lowest BCUT2D eigenvalue weighted by molar-refractivity contribution is -0.149. The Morgan fingerprint density at radius 3 is 2.53 bits per heavy atom. The van der Waals surface area contributed by atoms with Gasteiger partial charge in [-0.1, -0.05) is 13.5 Å². The second-order valence-corrected chi connectivity index (χ2v) is 4.89. The van der Waals surface area contributed by atoms with Crippen LogP contribution >= 0.6 is 0 Å². The predicted molar refractivity (Wildman–Crippen MR) is 68.5 cm³/mol. The van der Waals surface area contributed by atoms with Crippen LogP contribution in [-0.2, 0) is 23.9 Å². The van der Waals surface area contributed by atoms with E-state index in [9.17, 15) is 14.4 Å². The molecule has 1 heterocycles. The molecule has 0 bridgehead atoms. The molecule has 4 atom stereocenters. The van der Waals surface area contributed by atoms with Gasteiger partial charge in [0.1, 0.15) is 6.10 Å². The lowest BCUT2D eigenvalue weighted by atomic mass is 9.91. The number of Topliss-reactive ketones (excluding diaryl/α,β-unsaturated/α-hetero) is 1. The zero-order chi connectivity index (χ0) is 14.6. The van der Waals surface area contributed by atoms with Crippen molar-refractivity contribution in [3.05, 3.63) is 12.2 Å². The monoisotopic (exact) mass is 268 g/mol. The second kappa shape index (κ2) is 6.61. The Morgan fingerprint density at radius 1 is 1.42 bits per heavy atom. The van der Waals surface area contributed by atoms with Crippen LogP contribution in [0.3, 0.4) is 0 Å². The van der Waals surface area contributed by atoms with Gasteiger partial charge in [0.2, 0.25) is 0 Å². The molecule has 0 spiro atoms. The number of aldehydes is 1. The van der Waals surface area contributed by atoms with Crippen LogP contribution in [0.5, 0.6) is 0 Å². The molecule has 1 aliphatic heterocycles. The molecule has 19 heavy (non-hydrogen) atoms. The standard InChI is InChI=1S/C14H20O5/c1-5-12-13(19-14(17)8(2)3)11(9(4)18-12)6-10(16)7-15/h7,9,11-13H,2,5-6H2,1,3-4H3. The predicted octanol–water partition coefficient (Wildman–Crippen LogP) is 1.45. The fraction of sp³-hybridized carbons (Fsp3) is 0.643. The number of hydrogen-bond acceptors (Lipinski definition) is 5. The highest BCUT2D eigenvalue weighted by Gasteiger charge is 2.44. The molecule has 0 aromatic rings. The van der Waals surface area contributed by atoms with E-state index in [1.54, 1.807) is 6.92 Å². The Labute approximate surface area is 112 Å². The summed E-state index contributed by atoms with van der Waals surface area (Å²) in [4.78, 5) is 33.4. The molecule has 1 rings (SSSR count). The highest BCUT2D eigenvalue weighted by atomic mass is 16.6. The van der Waals surface area contributed by atoms with Crippen molar-refractivity contribution in [3.63, 3.8) is 0 Å². The molecule has 0 radical (unpaired) electrons. The summed E-state index contributed by atoms with van der Waals surface area (Å²) in [5, 5.41) is 0. The van der Waals surface area contributed by atoms with E-state index in [4.69, 9.17) is 9.47 Å². The van der Waals surface area contributed by atoms with Crippen molar-refractivity contribution in [3.8, 4) is 0 Å². The quantitative estimate of drug-likeness (QED) is 0.315. The van der Waals surface area contributed by atoms with Gasteiger partial charge in [-0.3, -0.25) is 9.59 Å². The summed E-state index contributed by atoms with van der Waals surface area (Å²) in [5.41, 5.74) is 0.301. The molecule has 0 saturated carbocycles. The van der Waals surface area contributed by atoms with Gasteiger partial charge in [0.15, 0.2) is 12.1 Å². The number of carbonyl (C=O) groups is 3. The lowest BCUT2D eigenvalue weighted by Crippen LogP contribution is -2.34. The number of hydrogen-bond donors (Lipinski definition) is 0. The van der Waals surface area contributed by atoms with Gasteiger partial charge in [-0.25, -0.2) is 4.79 Å². The van der Waals surface area contributed by atoms with E-state index in [2.05, 4.69) is 6.58 Å². The van der Waals surface area contributed by atoms with E-state index in [0.29, 0.717) is 18.3 Å². The summed E-state index contributed by atoms with van der Waals surface area (Å²) >= 11 is 0. The topological polar surface area (TPSA) is 69.7 Å². The third-order valence-corrected chi connectivity index (χ3v) is 3.34. The van der Waals surface area contributed by atoms with Crippen LogP contribution in [0.4, 0.5) is 0 Å². The van der Waals surface area contributed by atoms with E-state index >= 15 is 0 Å². The number of esters is 1. The van der Waals surface area contributed by atoms with Gasteiger partial charge in [0.25, 0.3) is 0 Å². The first-order valence-corrected chi connectivity index (χ1v) is 6.40. The molecule has 0 aromatic heterocycles. The SMILES string of the molecule is C=C(C)C(=O)OC1C(CC)OC(C)C1CC(=O)C=O. The molecular weight excluding hydrogens is 248 g/mol. The summed E-state index contributed by atoms with van der Waals surface area (Å²) < 4.78 is 11.1. The number of rotatable bonds is 6. The van der Waals surface area contributed by atoms with Crippen LogP contribution in [-0.4, -0.2) is 36.4 Å². The van der Waals surface area contributed by atoms with Gasteiger partial charge in [0.05, 0.1) is 12.2 Å². The van der Waals surface area contributed by atoms with Crippen LogP contribution in [0.2, 0.25) is 0 Å². The van der Waals surface area contributed by atoms with E-state index in [-0.39, 0.29) is 24.5 Å². The van der Waals surface area contributed by atoms with Crippen molar-refractivity contribution in [1.82, 2.24) is 0 Å². The van der Waals surface area contributed by atoms with E-state index in [0.717, 1.165) is 0 Å². The van der Waals surface area contributed by atoms with Crippen molar-refractivity contribution in [2.45, 2.75) is 51.9 Å². The highest BCUT2D eigenvalue weighted by Crippen LogP contribution is 2.33. The maximum atomic E-state index is 11.6. The lowest BCUT2D eigenvalue weighted by Gasteiger charge is -2.22. The third kappa shape index (κ3) is 3.73. The summed E-state index contributed by atoms with van der Waals surface area (Å²) in [5.74, 6) is -1.29. The Bertz CT molecular complexity index is 387. The van der Waals surface area contributed by atoms with E-state index < -0.39 is 17.9 Å². The summed E-state index contributed by atoms with van der Waals surface area (Å²) in [6.07, 6.45) is 0.0241. The number of carbonyl (C=O) groups excluding carboxylic acids is 3. The third-order valence-electron chi connectivity index (χ3n) is 3.34. The van der Waals surface area contributed by atoms with E-state index in [1.807, 2.05) is 13.8 Å². The van der Waals surface area contributed by atoms with Crippen molar-refractivity contribution in [1.29, 1.82) is 0 Å². The zero-order valence-electron chi connectivity index (χ0n) is 11.5. The molecule has 1 aliphatic rings. The van der Waals surface area contributed by atoms with Gasteiger partial charge >= 0.3 is 5.97 Å². The first kappa shape index (κ1) is 15.6. The van der Waals surface area contributed by atoms with Crippen LogP contribution in [0.15, 0.2) is 12.2 Å². The number of ether oxygens (including phenoxy) is 2. The number of ketones is 1. The van der Waals surface area contributed by atoms with Gasteiger partial charge in [-0.2, -0.15) is 0 Å². The van der Waals surface area contributed by atoms with Crippen molar-refractivity contribution in [2.24, 2.45) is 5.92 Å². The molecule has 5 heteroatoms. The zero-order valence-corrected chi connectivity index (χ0v) is 11.5. The Balaban J connectivity index is 2.84. The molecule has 1 saturated heterocycles. The maximum absolute atomic E-state index is 11.6. The van der Waals surface area contributed by atoms with Crippen LogP contribution in [0.25, 0.3) is 0 Å². The van der Waals surface area contributed by atoms with Crippen molar-refractivity contribution >= 4 is 18.0 Å². The summed E-state index contributed by atoms with van der Waals surface area (Å²) in [6.45, 7) is 8.83. The van der Waals surface area contributed by atoms with Crippen LogP contribution in [0.1, 0.15) is 33.6 Å². The Morgan fingerprint density at radius 2 is 2.05 bits per heavy atom. The van der Waals surface area contributed by atoms with Gasteiger partial charge in [0, 0.05) is 17.9 Å². The minimum Gasteiger partial charge on any atom is -0.456 e. The second-order valence-electron chi connectivity index (χ2n) is 4.89. The molecule has 0 aliphatic carbocycles. The van der Waals surface area contributed by atoms with Crippen LogP contribution in [0, 0.1) is 5.92 Å². The van der Waals surface area contributed by atoms with Gasteiger partial charge in [-0.15, -0.1) is 0 Å². The first-order chi connectivity index (χ1) is 8.90. The van der Waals surface area contributed by atoms with Gasteiger partial charge < -0.3 is 9.47 Å². The molecule has 0 N–H and O–H groups in total. The fourth-order valence-electron chi connectivity index (χ4n) is 2.28. The van der Waals surface area contributed by atoms with Gasteiger partial charge in [-0.05, 0) is 20.3 Å². The Kier molecular flexibility index (Phi) is 5.42. The van der Waals surface area contributed by atoms with E-state index in [1.165, 1.54) is 0 Å². The molecule has 106 valence electrons. The summed E-state index contributed by atoms with van der Waals surface area (Å²) in [7, 11) is 0.